The first kappa shape index (κ1) is 38.2. The molecule has 2 heterocycles. The maximum absolute atomic E-state index is 12.9. The van der Waals surface area contributed by atoms with Crippen LogP contribution in [0.15, 0.2) is 12.3 Å². The van der Waals surface area contributed by atoms with Crippen molar-refractivity contribution in [3.63, 3.8) is 0 Å². The first-order valence-electron chi connectivity index (χ1n) is 16.9. The Morgan fingerprint density at radius 1 is 0.953 bits per heavy atom. The maximum atomic E-state index is 12.9. The highest BCUT2D eigenvalue weighted by Gasteiger charge is 2.48. The monoisotopic (exact) mass is 627 g/mol. The van der Waals surface area contributed by atoms with Crippen LogP contribution in [0.5, 0.6) is 0 Å². The Morgan fingerprint density at radius 2 is 1.56 bits per heavy atom. The molecule has 0 spiro atoms. The summed E-state index contributed by atoms with van der Waals surface area (Å²) in [6, 6.07) is 0.0818. The van der Waals surface area contributed by atoms with Crippen LogP contribution in [-0.2, 0) is 28.1 Å². The number of ether oxygens (including phenoxy) is 5. The Kier molecular flexibility index (Phi) is 15.2. The molecule has 0 aliphatic carbocycles. The highest BCUT2D eigenvalue weighted by molar-refractivity contribution is 6.77. The van der Waals surface area contributed by atoms with Crippen LogP contribution < -0.4 is 0 Å². The Labute approximate surface area is 264 Å². The van der Waals surface area contributed by atoms with Gasteiger partial charge in [-0.3, -0.25) is 0 Å². The second-order valence-electron chi connectivity index (χ2n) is 14.6. The van der Waals surface area contributed by atoms with Gasteiger partial charge in [0, 0.05) is 30.5 Å². The van der Waals surface area contributed by atoms with E-state index in [2.05, 4.69) is 48.5 Å². The second-order valence-corrected chi connectivity index (χ2v) is 20.0. The molecule has 0 aromatic carbocycles. The molecule has 2 aliphatic heterocycles. The van der Waals surface area contributed by atoms with Gasteiger partial charge in [-0.2, -0.15) is 0 Å². The normalized spacial score (nSPS) is 25.8. The van der Waals surface area contributed by atoms with Crippen molar-refractivity contribution in [2.24, 2.45) is 11.8 Å². The zero-order valence-corrected chi connectivity index (χ0v) is 30.7. The molecule has 0 bridgehead atoms. The Balaban J connectivity index is 2.27. The summed E-state index contributed by atoms with van der Waals surface area (Å²) in [5, 5.41) is 0. The minimum Gasteiger partial charge on any atom is -0.418 e. The fourth-order valence-electron chi connectivity index (χ4n) is 7.36. The third kappa shape index (κ3) is 10.5. The van der Waals surface area contributed by atoms with Crippen molar-refractivity contribution in [3.8, 4) is 0 Å². The first-order chi connectivity index (χ1) is 20.0. The molecular weight excluding hydrogens is 562 g/mol. The minimum atomic E-state index is -2.07. The average molecular weight is 628 g/mol. The third-order valence-electron chi connectivity index (χ3n) is 9.30. The lowest BCUT2D eigenvalue weighted by Gasteiger charge is -2.49. The largest absolute Gasteiger partial charge is 0.418 e. The number of nitrogens with zero attached hydrogens (tertiary/aromatic N) is 1. The summed E-state index contributed by atoms with van der Waals surface area (Å²) in [5.41, 5.74) is 1.48. The SMILES string of the molecule is CC(C)N(C(=O)O/C=C\[C@@H](CCOC1CCCCO1)[C@@H]1OC(C)(C)O[C@H](CO[Si](C(C)C)(C(C)C)C(C)C)[C@@H]1C)C(C)C. The molecule has 2 fully saturated rings. The van der Waals surface area contributed by atoms with Gasteiger partial charge in [-0.1, -0.05) is 48.5 Å². The fourth-order valence-corrected chi connectivity index (χ4v) is 12.8. The van der Waals surface area contributed by atoms with Crippen LogP contribution >= 0.6 is 0 Å². The topological polar surface area (TPSA) is 75.7 Å². The first-order valence-corrected chi connectivity index (χ1v) is 19.1. The van der Waals surface area contributed by atoms with Gasteiger partial charge in [0.1, 0.15) is 0 Å². The van der Waals surface area contributed by atoms with Crippen molar-refractivity contribution in [1.29, 1.82) is 0 Å². The van der Waals surface area contributed by atoms with Gasteiger partial charge in [0.25, 0.3) is 0 Å². The number of amides is 1. The molecule has 43 heavy (non-hydrogen) atoms. The molecule has 9 heteroatoms. The van der Waals surface area contributed by atoms with Crippen LogP contribution in [0.4, 0.5) is 4.79 Å². The van der Waals surface area contributed by atoms with Crippen LogP contribution in [0.1, 0.15) is 116 Å². The third-order valence-corrected chi connectivity index (χ3v) is 15.4. The molecule has 2 aliphatic rings. The lowest BCUT2D eigenvalue weighted by Crippen LogP contribution is -2.56. The quantitative estimate of drug-likeness (QED) is 0.133. The van der Waals surface area contributed by atoms with E-state index in [0.29, 0.717) is 36.3 Å². The molecule has 1 amide bonds. The van der Waals surface area contributed by atoms with E-state index in [1.807, 2.05) is 47.6 Å². The minimum absolute atomic E-state index is 0.0409. The van der Waals surface area contributed by atoms with Gasteiger partial charge in [0.05, 0.1) is 31.7 Å². The smallest absolute Gasteiger partial charge is 0.415 e. The number of hydrogen-bond acceptors (Lipinski definition) is 7. The highest BCUT2D eigenvalue weighted by Crippen LogP contribution is 2.44. The number of hydrogen-bond donors (Lipinski definition) is 0. The van der Waals surface area contributed by atoms with Crippen LogP contribution in [0.2, 0.25) is 16.6 Å². The van der Waals surface area contributed by atoms with Crippen molar-refractivity contribution >= 4 is 14.4 Å². The van der Waals surface area contributed by atoms with Crippen molar-refractivity contribution in [3.05, 3.63) is 12.3 Å². The number of carbonyl (C=O) groups excluding carboxylic acids is 1. The zero-order chi connectivity index (χ0) is 32.5. The number of rotatable bonds is 15. The summed E-state index contributed by atoms with van der Waals surface area (Å²) < 4.78 is 37.8. The van der Waals surface area contributed by atoms with Crippen LogP contribution in [0.3, 0.4) is 0 Å². The van der Waals surface area contributed by atoms with E-state index >= 15 is 0 Å². The van der Waals surface area contributed by atoms with E-state index in [9.17, 15) is 4.79 Å². The van der Waals surface area contributed by atoms with Crippen molar-refractivity contribution in [2.75, 3.05) is 19.8 Å². The van der Waals surface area contributed by atoms with Crippen LogP contribution in [-0.4, -0.2) is 75.5 Å². The van der Waals surface area contributed by atoms with Crippen molar-refractivity contribution in [2.45, 2.75) is 169 Å². The Bertz CT molecular complexity index is 824. The van der Waals surface area contributed by atoms with E-state index in [4.69, 9.17) is 28.1 Å². The zero-order valence-electron chi connectivity index (χ0n) is 29.7. The average Bonchev–Trinajstić information content (AvgIpc) is 2.89. The maximum Gasteiger partial charge on any atom is 0.415 e. The van der Waals surface area contributed by atoms with E-state index < -0.39 is 14.1 Å². The lowest BCUT2D eigenvalue weighted by molar-refractivity contribution is -0.329. The molecule has 1 unspecified atom stereocenters. The molecule has 0 aromatic rings. The van der Waals surface area contributed by atoms with Crippen LogP contribution in [0.25, 0.3) is 0 Å². The van der Waals surface area contributed by atoms with Gasteiger partial charge < -0.3 is 33.0 Å². The molecule has 8 nitrogen and oxygen atoms in total. The Hall–Kier alpha value is -0.973. The van der Waals surface area contributed by atoms with Gasteiger partial charge in [-0.15, -0.1) is 0 Å². The molecule has 2 rings (SSSR count). The van der Waals surface area contributed by atoms with E-state index in [1.54, 1.807) is 11.2 Å². The van der Waals surface area contributed by atoms with Gasteiger partial charge in [0.15, 0.2) is 20.4 Å². The lowest BCUT2D eigenvalue weighted by atomic mass is 9.85. The molecule has 2 saturated heterocycles. The summed E-state index contributed by atoms with van der Waals surface area (Å²) in [6.07, 6.45) is 6.52. The molecular formula is C34H65NO7Si. The molecule has 0 aromatic heterocycles. The molecule has 0 saturated carbocycles. The summed E-state index contributed by atoms with van der Waals surface area (Å²) in [4.78, 5) is 14.7. The summed E-state index contributed by atoms with van der Waals surface area (Å²) in [6.45, 7) is 29.8. The summed E-state index contributed by atoms with van der Waals surface area (Å²) >= 11 is 0. The molecule has 0 radical (unpaired) electrons. The van der Waals surface area contributed by atoms with E-state index in [1.165, 1.54) is 0 Å². The second kappa shape index (κ2) is 17.1. The predicted octanol–water partition coefficient (Wildman–Crippen LogP) is 8.65. The summed E-state index contributed by atoms with van der Waals surface area (Å²) in [5.74, 6) is -0.804. The molecule has 5 atom stereocenters. The number of carbonyl (C=O) groups is 1. The van der Waals surface area contributed by atoms with E-state index in [-0.39, 0.29) is 48.5 Å². The predicted molar refractivity (Wildman–Crippen MR) is 175 cm³/mol. The van der Waals surface area contributed by atoms with Gasteiger partial charge in [-0.25, -0.2) is 4.79 Å². The molecule has 252 valence electrons. The van der Waals surface area contributed by atoms with Crippen molar-refractivity contribution < 1.29 is 32.9 Å². The highest BCUT2D eigenvalue weighted by atomic mass is 28.4. The van der Waals surface area contributed by atoms with Gasteiger partial charge >= 0.3 is 6.09 Å². The summed E-state index contributed by atoms with van der Waals surface area (Å²) in [7, 11) is -2.07. The van der Waals surface area contributed by atoms with E-state index in [0.717, 1.165) is 25.9 Å². The standard InChI is InChI=1S/C34H65NO7Si/c1-23(2)35(24(3)4)33(36)39-21-18-29(17-20-38-31-16-14-15-19-37-31)32-28(11)30(41-34(12,13)42-32)22-40-43(25(5)6,26(7)8)27(9)10/h18,21,23-32H,14-17,19-20,22H2,1-13H3/b21-18-/t28-,29+,30+,31?,32+/m0/s1. The van der Waals surface area contributed by atoms with Crippen molar-refractivity contribution in [1.82, 2.24) is 4.90 Å². The van der Waals surface area contributed by atoms with Gasteiger partial charge in [0.2, 0.25) is 0 Å². The fraction of sp³-hybridized carbons (Fsp3) is 0.912. The molecule has 0 N–H and O–H groups in total. The van der Waals surface area contributed by atoms with Gasteiger partial charge in [-0.05, 0) is 89.9 Å². The van der Waals surface area contributed by atoms with Crippen LogP contribution in [0, 0.1) is 11.8 Å². The Morgan fingerprint density at radius 3 is 2.07 bits per heavy atom.